The van der Waals surface area contributed by atoms with Gasteiger partial charge in [-0.25, -0.2) is 9.97 Å². The maximum absolute atomic E-state index is 12.2. The molecule has 3 aromatic rings. The number of carbonyl (C=O) groups is 1. The molecule has 28 heavy (non-hydrogen) atoms. The second-order valence-electron chi connectivity index (χ2n) is 6.26. The topological polar surface area (TPSA) is 85.4 Å². The van der Waals surface area contributed by atoms with Crippen molar-refractivity contribution in [3.8, 4) is 11.5 Å². The van der Waals surface area contributed by atoms with Gasteiger partial charge in [0.15, 0.2) is 11.5 Å². The maximum Gasteiger partial charge on any atom is 0.271 e. The Bertz CT molecular complexity index is 946. The van der Waals surface area contributed by atoms with E-state index in [1.807, 2.05) is 48.5 Å². The van der Waals surface area contributed by atoms with Crippen molar-refractivity contribution in [3.05, 3.63) is 72.2 Å². The van der Waals surface area contributed by atoms with Crippen LogP contribution < -0.4 is 20.1 Å². The second kappa shape index (κ2) is 8.39. The van der Waals surface area contributed by atoms with Gasteiger partial charge in [0.2, 0.25) is 0 Å². The molecule has 1 aliphatic rings. The Kier molecular flexibility index (Phi) is 5.33. The summed E-state index contributed by atoms with van der Waals surface area (Å²) in [4.78, 5) is 20.7. The van der Waals surface area contributed by atoms with Crippen molar-refractivity contribution >= 4 is 17.4 Å². The van der Waals surface area contributed by atoms with E-state index < -0.39 is 0 Å². The van der Waals surface area contributed by atoms with Gasteiger partial charge in [0, 0.05) is 18.3 Å². The van der Waals surface area contributed by atoms with Gasteiger partial charge in [0.25, 0.3) is 5.91 Å². The minimum Gasteiger partial charge on any atom is -0.486 e. The Hall–Kier alpha value is -3.61. The van der Waals surface area contributed by atoms with E-state index in [-0.39, 0.29) is 11.6 Å². The van der Waals surface area contributed by atoms with E-state index in [2.05, 4.69) is 20.6 Å². The molecular weight excluding hydrogens is 356 g/mol. The average Bonchev–Trinajstić information content (AvgIpc) is 2.75. The molecular formula is C21H20N4O3. The van der Waals surface area contributed by atoms with Crippen LogP contribution in [0.25, 0.3) is 0 Å². The van der Waals surface area contributed by atoms with Crippen LogP contribution in [0.15, 0.2) is 60.9 Å². The molecule has 1 amide bonds. The molecule has 7 heteroatoms. The van der Waals surface area contributed by atoms with Crippen LogP contribution in [0.4, 0.5) is 11.5 Å². The van der Waals surface area contributed by atoms with Crippen LogP contribution in [0.3, 0.4) is 0 Å². The van der Waals surface area contributed by atoms with Crippen molar-refractivity contribution in [2.24, 2.45) is 0 Å². The lowest BCUT2D eigenvalue weighted by Crippen LogP contribution is -2.26. The smallest absolute Gasteiger partial charge is 0.271 e. The van der Waals surface area contributed by atoms with E-state index in [0.717, 1.165) is 17.9 Å². The molecule has 1 aromatic heterocycles. The van der Waals surface area contributed by atoms with Crippen LogP contribution in [0.1, 0.15) is 16.1 Å². The zero-order valence-corrected chi connectivity index (χ0v) is 15.2. The SMILES string of the molecule is O=C(NCCc1ccccc1)c1cnc(Nc2ccc3c(c2)OCCO3)cn1. The molecule has 0 bridgehead atoms. The predicted molar refractivity (Wildman–Crippen MR) is 105 cm³/mol. The summed E-state index contributed by atoms with van der Waals surface area (Å²) in [7, 11) is 0. The molecule has 0 atom stereocenters. The number of amides is 1. The van der Waals surface area contributed by atoms with Crippen molar-refractivity contribution in [1.29, 1.82) is 0 Å². The summed E-state index contributed by atoms with van der Waals surface area (Å²) in [5.41, 5.74) is 2.26. The number of fused-ring (bicyclic) bond motifs is 1. The average molecular weight is 376 g/mol. The summed E-state index contributed by atoms with van der Waals surface area (Å²) in [6, 6.07) is 15.6. The Morgan fingerprint density at radius 1 is 0.964 bits per heavy atom. The molecule has 2 heterocycles. The van der Waals surface area contributed by atoms with E-state index in [9.17, 15) is 4.79 Å². The molecule has 0 radical (unpaired) electrons. The molecule has 0 saturated heterocycles. The van der Waals surface area contributed by atoms with E-state index in [4.69, 9.17) is 9.47 Å². The van der Waals surface area contributed by atoms with Gasteiger partial charge in [0.05, 0.1) is 12.4 Å². The van der Waals surface area contributed by atoms with Crippen molar-refractivity contribution in [2.45, 2.75) is 6.42 Å². The quantitative estimate of drug-likeness (QED) is 0.688. The molecule has 4 rings (SSSR count). The number of carbonyl (C=O) groups excluding carboxylic acids is 1. The fourth-order valence-electron chi connectivity index (χ4n) is 2.83. The Balaban J connectivity index is 1.32. The zero-order valence-electron chi connectivity index (χ0n) is 15.2. The van der Waals surface area contributed by atoms with Gasteiger partial charge in [-0.2, -0.15) is 0 Å². The first-order valence-corrected chi connectivity index (χ1v) is 9.09. The third-order valence-electron chi connectivity index (χ3n) is 4.24. The monoisotopic (exact) mass is 376 g/mol. The van der Waals surface area contributed by atoms with Crippen LogP contribution in [-0.4, -0.2) is 35.6 Å². The highest BCUT2D eigenvalue weighted by molar-refractivity contribution is 5.92. The molecule has 0 spiro atoms. The Morgan fingerprint density at radius 3 is 2.57 bits per heavy atom. The fourth-order valence-corrected chi connectivity index (χ4v) is 2.83. The number of hydrogen-bond donors (Lipinski definition) is 2. The number of rotatable bonds is 6. The first kappa shape index (κ1) is 17.8. The Morgan fingerprint density at radius 2 is 1.79 bits per heavy atom. The molecule has 0 saturated carbocycles. The minimum absolute atomic E-state index is 0.241. The Labute approximate surface area is 162 Å². The highest BCUT2D eigenvalue weighted by Gasteiger charge is 2.12. The number of anilines is 2. The maximum atomic E-state index is 12.2. The number of ether oxygens (including phenoxy) is 2. The predicted octanol–water partition coefficient (Wildman–Crippen LogP) is 2.96. The van der Waals surface area contributed by atoms with Crippen LogP contribution in [-0.2, 0) is 6.42 Å². The molecule has 1 aliphatic heterocycles. The third kappa shape index (κ3) is 4.37. The molecule has 0 aliphatic carbocycles. The molecule has 0 unspecified atom stereocenters. The molecule has 142 valence electrons. The molecule has 2 aromatic carbocycles. The van der Waals surface area contributed by atoms with E-state index in [0.29, 0.717) is 31.3 Å². The number of nitrogens with zero attached hydrogens (tertiary/aromatic N) is 2. The van der Waals surface area contributed by atoms with Gasteiger partial charge in [-0.15, -0.1) is 0 Å². The van der Waals surface area contributed by atoms with Gasteiger partial charge in [-0.3, -0.25) is 4.79 Å². The standard InChI is InChI=1S/C21H20N4O3/c26-21(22-9-8-15-4-2-1-3-5-15)17-13-24-20(14-23-17)25-16-6-7-18-19(12-16)28-11-10-27-18/h1-7,12-14H,8-11H2,(H,22,26)(H,24,25). The molecule has 7 nitrogen and oxygen atoms in total. The van der Waals surface area contributed by atoms with Crippen LogP contribution in [0.5, 0.6) is 11.5 Å². The number of benzene rings is 2. The largest absolute Gasteiger partial charge is 0.486 e. The fraction of sp³-hybridized carbons (Fsp3) is 0.190. The van der Waals surface area contributed by atoms with Gasteiger partial charge in [-0.05, 0) is 24.1 Å². The van der Waals surface area contributed by atoms with E-state index >= 15 is 0 Å². The number of hydrogen-bond acceptors (Lipinski definition) is 6. The second-order valence-corrected chi connectivity index (χ2v) is 6.26. The third-order valence-corrected chi connectivity index (χ3v) is 4.24. The summed E-state index contributed by atoms with van der Waals surface area (Å²) in [6.07, 6.45) is 3.75. The van der Waals surface area contributed by atoms with Gasteiger partial charge >= 0.3 is 0 Å². The highest BCUT2D eigenvalue weighted by atomic mass is 16.6. The van der Waals surface area contributed by atoms with Crippen molar-refractivity contribution in [3.63, 3.8) is 0 Å². The van der Waals surface area contributed by atoms with Gasteiger partial charge < -0.3 is 20.1 Å². The normalized spacial score (nSPS) is 12.3. The lowest BCUT2D eigenvalue weighted by atomic mass is 10.1. The zero-order chi connectivity index (χ0) is 19.2. The molecule has 0 fully saturated rings. The summed E-state index contributed by atoms with van der Waals surface area (Å²) in [5.74, 6) is 1.72. The van der Waals surface area contributed by atoms with E-state index in [1.165, 1.54) is 18.0 Å². The van der Waals surface area contributed by atoms with E-state index in [1.54, 1.807) is 0 Å². The first-order chi connectivity index (χ1) is 13.8. The first-order valence-electron chi connectivity index (χ1n) is 9.09. The molecule has 2 N–H and O–H groups in total. The van der Waals surface area contributed by atoms with Crippen LogP contribution in [0.2, 0.25) is 0 Å². The van der Waals surface area contributed by atoms with Crippen LogP contribution >= 0.6 is 0 Å². The van der Waals surface area contributed by atoms with Crippen LogP contribution in [0, 0.1) is 0 Å². The van der Waals surface area contributed by atoms with Crippen molar-refractivity contribution in [1.82, 2.24) is 15.3 Å². The highest BCUT2D eigenvalue weighted by Crippen LogP contribution is 2.33. The van der Waals surface area contributed by atoms with Gasteiger partial charge in [0.1, 0.15) is 24.7 Å². The summed E-state index contributed by atoms with van der Waals surface area (Å²) in [5, 5.41) is 6.00. The van der Waals surface area contributed by atoms with Gasteiger partial charge in [-0.1, -0.05) is 30.3 Å². The lowest BCUT2D eigenvalue weighted by molar-refractivity contribution is 0.0949. The number of aromatic nitrogens is 2. The minimum atomic E-state index is -0.241. The summed E-state index contributed by atoms with van der Waals surface area (Å²) < 4.78 is 11.1. The number of nitrogens with one attached hydrogen (secondary N) is 2. The van der Waals surface area contributed by atoms with Crippen molar-refractivity contribution < 1.29 is 14.3 Å². The lowest BCUT2D eigenvalue weighted by Gasteiger charge is -2.19. The summed E-state index contributed by atoms with van der Waals surface area (Å²) in [6.45, 7) is 1.63. The summed E-state index contributed by atoms with van der Waals surface area (Å²) >= 11 is 0. The van der Waals surface area contributed by atoms with Crippen molar-refractivity contribution in [2.75, 3.05) is 25.1 Å².